The Morgan fingerprint density at radius 3 is 2.68 bits per heavy atom. The van der Waals surface area contributed by atoms with Crippen molar-refractivity contribution in [3.8, 4) is 0 Å². The predicted octanol–water partition coefficient (Wildman–Crippen LogP) is 3.91. The number of ether oxygens (including phenoxy) is 1. The van der Waals surface area contributed by atoms with Gasteiger partial charge in [0.1, 0.15) is 0 Å². The van der Waals surface area contributed by atoms with E-state index in [4.69, 9.17) is 4.74 Å². The van der Waals surface area contributed by atoms with E-state index in [2.05, 4.69) is 13.5 Å². The number of benzene rings is 1. The van der Waals surface area contributed by atoms with Crippen LogP contribution >= 0.6 is 11.8 Å². The summed E-state index contributed by atoms with van der Waals surface area (Å²) in [7, 11) is 0. The summed E-state index contributed by atoms with van der Waals surface area (Å²) >= 11 is 1.73. The molecule has 1 aliphatic heterocycles. The molecule has 0 bridgehead atoms. The van der Waals surface area contributed by atoms with Gasteiger partial charge < -0.3 is 4.74 Å². The summed E-state index contributed by atoms with van der Waals surface area (Å²) in [4.78, 5) is 12.1. The second-order valence-corrected chi connectivity index (χ2v) is 6.58. The van der Waals surface area contributed by atoms with Gasteiger partial charge in [0.25, 0.3) is 0 Å². The molecule has 3 heteroatoms. The molecule has 1 heterocycles. The molecule has 0 spiro atoms. The average molecular weight is 274 g/mol. The molecule has 1 aromatic carbocycles. The largest absolute Gasteiger partial charge is 0.338 e. The van der Waals surface area contributed by atoms with Crippen LogP contribution in [0.4, 0.5) is 0 Å². The minimum atomic E-state index is -0.711. The molecular weight excluding hydrogens is 256 g/mol. The second-order valence-electron chi connectivity index (χ2n) is 5.31. The van der Waals surface area contributed by atoms with Crippen molar-refractivity contribution in [1.82, 2.24) is 0 Å². The SMILES string of the molecule is C=C1c2ccccc2C(=O)C2(C)OC12SCCCC. The van der Waals surface area contributed by atoms with Crippen molar-refractivity contribution in [1.29, 1.82) is 0 Å². The van der Waals surface area contributed by atoms with Crippen molar-refractivity contribution < 1.29 is 9.53 Å². The quantitative estimate of drug-likeness (QED) is 0.616. The molecule has 1 aromatic rings. The van der Waals surface area contributed by atoms with Crippen LogP contribution in [0, 0.1) is 0 Å². The molecule has 0 radical (unpaired) electrons. The fraction of sp³-hybridized carbons (Fsp3) is 0.438. The van der Waals surface area contributed by atoms with Gasteiger partial charge in [-0.1, -0.05) is 44.2 Å². The highest BCUT2D eigenvalue weighted by atomic mass is 32.2. The van der Waals surface area contributed by atoms with Crippen LogP contribution in [0.1, 0.15) is 42.6 Å². The number of epoxide rings is 1. The van der Waals surface area contributed by atoms with Crippen LogP contribution in [0.3, 0.4) is 0 Å². The molecule has 0 saturated carbocycles. The molecule has 2 nitrogen and oxygen atoms in total. The Morgan fingerprint density at radius 2 is 2.00 bits per heavy atom. The van der Waals surface area contributed by atoms with Gasteiger partial charge >= 0.3 is 0 Å². The van der Waals surface area contributed by atoms with Gasteiger partial charge in [-0.3, -0.25) is 4.79 Å². The van der Waals surface area contributed by atoms with E-state index in [0.29, 0.717) is 0 Å². The van der Waals surface area contributed by atoms with Gasteiger partial charge in [-0.05, 0) is 30.2 Å². The summed E-state index contributed by atoms with van der Waals surface area (Å²) in [6.07, 6.45) is 2.28. The lowest BCUT2D eigenvalue weighted by atomic mass is 9.80. The van der Waals surface area contributed by atoms with E-state index >= 15 is 0 Å². The first-order valence-corrected chi connectivity index (χ1v) is 7.73. The number of hydrogen-bond donors (Lipinski definition) is 0. The van der Waals surface area contributed by atoms with Gasteiger partial charge in [0.05, 0.1) is 0 Å². The van der Waals surface area contributed by atoms with E-state index in [1.807, 2.05) is 31.2 Å². The standard InChI is InChI=1S/C16H18O2S/c1-4-5-10-19-16-11(2)12-8-6-7-9-13(12)14(17)15(16,3)18-16/h6-9H,2,4-5,10H2,1,3H3. The van der Waals surface area contributed by atoms with Crippen LogP contribution in [-0.4, -0.2) is 22.1 Å². The number of Topliss-reactive ketones (excluding diaryl/α,β-unsaturated/α-hetero) is 1. The van der Waals surface area contributed by atoms with E-state index in [0.717, 1.165) is 35.3 Å². The predicted molar refractivity (Wildman–Crippen MR) is 79.4 cm³/mol. The van der Waals surface area contributed by atoms with Gasteiger partial charge in [-0.15, -0.1) is 11.8 Å². The normalized spacial score (nSPS) is 31.9. The zero-order valence-electron chi connectivity index (χ0n) is 11.4. The summed E-state index contributed by atoms with van der Waals surface area (Å²) in [6, 6.07) is 7.69. The fourth-order valence-corrected chi connectivity index (χ4v) is 4.40. The highest BCUT2D eigenvalue weighted by Gasteiger charge is 2.75. The van der Waals surface area contributed by atoms with Crippen LogP contribution in [0.15, 0.2) is 30.8 Å². The molecule has 0 amide bonds. The molecule has 3 rings (SSSR count). The number of unbranched alkanes of at least 4 members (excludes halogenated alkanes) is 1. The van der Waals surface area contributed by atoms with Crippen molar-refractivity contribution in [2.45, 2.75) is 37.2 Å². The number of carbonyl (C=O) groups excluding carboxylic acids is 1. The molecule has 1 saturated heterocycles. The van der Waals surface area contributed by atoms with Crippen molar-refractivity contribution in [3.05, 3.63) is 42.0 Å². The summed E-state index contributed by atoms with van der Waals surface area (Å²) in [5.74, 6) is 1.10. The lowest BCUT2D eigenvalue weighted by Crippen LogP contribution is -2.35. The number of ketones is 1. The monoisotopic (exact) mass is 274 g/mol. The van der Waals surface area contributed by atoms with E-state index in [1.54, 1.807) is 11.8 Å². The van der Waals surface area contributed by atoms with Crippen LogP contribution in [0.2, 0.25) is 0 Å². The topological polar surface area (TPSA) is 29.6 Å². The molecule has 2 atom stereocenters. The fourth-order valence-electron chi connectivity index (χ4n) is 2.80. The highest BCUT2D eigenvalue weighted by Crippen LogP contribution is 2.66. The summed E-state index contributed by atoms with van der Waals surface area (Å²) in [6.45, 7) is 8.28. The van der Waals surface area contributed by atoms with E-state index in [-0.39, 0.29) is 5.78 Å². The van der Waals surface area contributed by atoms with Crippen LogP contribution in [-0.2, 0) is 4.74 Å². The highest BCUT2D eigenvalue weighted by molar-refractivity contribution is 8.01. The Balaban J connectivity index is 1.99. The maximum Gasteiger partial charge on any atom is 0.199 e. The smallest absolute Gasteiger partial charge is 0.199 e. The van der Waals surface area contributed by atoms with E-state index in [9.17, 15) is 4.79 Å². The van der Waals surface area contributed by atoms with Gasteiger partial charge in [0.15, 0.2) is 16.3 Å². The van der Waals surface area contributed by atoms with Crippen LogP contribution in [0.5, 0.6) is 0 Å². The molecule has 2 aliphatic rings. The van der Waals surface area contributed by atoms with Crippen LogP contribution < -0.4 is 0 Å². The van der Waals surface area contributed by atoms with Gasteiger partial charge in [0.2, 0.25) is 0 Å². The van der Waals surface area contributed by atoms with Gasteiger partial charge in [-0.25, -0.2) is 0 Å². The molecule has 19 heavy (non-hydrogen) atoms. The Hall–Kier alpha value is -1.06. The van der Waals surface area contributed by atoms with Crippen LogP contribution in [0.25, 0.3) is 5.57 Å². The minimum absolute atomic E-state index is 0.0968. The molecular formula is C16H18O2S. The first-order chi connectivity index (χ1) is 9.07. The number of rotatable bonds is 4. The van der Waals surface area contributed by atoms with Gasteiger partial charge in [-0.2, -0.15) is 0 Å². The molecule has 0 N–H and O–H groups in total. The molecule has 1 aliphatic carbocycles. The summed E-state index contributed by atoms with van der Waals surface area (Å²) < 4.78 is 5.92. The van der Waals surface area contributed by atoms with Crippen molar-refractivity contribution in [2.24, 2.45) is 0 Å². The third-order valence-electron chi connectivity index (χ3n) is 4.06. The Labute approximate surface area is 118 Å². The number of thioether (sulfide) groups is 1. The summed E-state index contributed by atoms with van der Waals surface area (Å²) in [5.41, 5.74) is 1.94. The van der Waals surface area contributed by atoms with E-state index < -0.39 is 10.5 Å². The molecule has 2 unspecified atom stereocenters. The third-order valence-corrected chi connectivity index (χ3v) is 5.68. The number of fused-ring (bicyclic) bond motifs is 2. The maximum absolute atomic E-state index is 12.6. The second kappa shape index (κ2) is 4.22. The van der Waals surface area contributed by atoms with Crippen molar-refractivity contribution >= 4 is 23.1 Å². The third kappa shape index (κ3) is 1.58. The zero-order chi connectivity index (χ0) is 13.7. The number of hydrogen-bond acceptors (Lipinski definition) is 3. The molecule has 100 valence electrons. The first-order valence-electron chi connectivity index (χ1n) is 6.74. The Bertz CT molecular complexity index is 566. The minimum Gasteiger partial charge on any atom is -0.338 e. The Morgan fingerprint density at radius 1 is 1.32 bits per heavy atom. The maximum atomic E-state index is 12.6. The van der Waals surface area contributed by atoms with Crippen molar-refractivity contribution in [2.75, 3.05) is 5.75 Å². The lowest BCUT2D eigenvalue weighted by molar-refractivity contribution is 0.0887. The average Bonchev–Trinajstić information content (AvgIpc) is 3.05. The first kappa shape index (κ1) is 12.9. The summed E-state index contributed by atoms with van der Waals surface area (Å²) in [5, 5.41) is 0. The molecule has 1 fully saturated rings. The lowest BCUT2D eigenvalue weighted by Gasteiger charge is -2.25. The molecule has 0 aromatic heterocycles. The Kier molecular flexibility index (Phi) is 2.88. The van der Waals surface area contributed by atoms with Crippen molar-refractivity contribution in [3.63, 3.8) is 0 Å². The zero-order valence-corrected chi connectivity index (χ0v) is 12.2. The van der Waals surface area contributed by atoms with E-state index in [1.165, 1.54) is 0 Å². The van der Waals surface area contributed by atoms with Gasteiger partial charge in [0, 0.05) is 5.56 Å². The number of carbonyl (C=O) groups is 1.